The van der Waals surface area contributed by atoms with Gasteiger partial charge in [-0.05, 0) is 51.1 Å². The number of piperidine rings is 2. The standard InChI is InChI=1S/C14H26N2O/c1-10-8-11(2)12(3)16(9-10)14(17)13-4-6-15-7-5-13/h10-13,15H,4-9H2,1-3H3. The highest BCUT2D eigenvalue weighted by Gasteiger charge is 2.35. The lowest BCUT2D eigenvalue weighted by Gasteiger charge is -2.43. The fraction of sp³-hybridized carbons (Fsp3) is 0.929. The van der Waals surface area contributed by atoms with Crippen LogP contribution in [0.4, 0.5) is 0 Å². The molecule has 0 saturated carbocycles. The Hall–Kier alpha value is -0.570. The summed E-state index contributed by atoms with van der Waals surface area (Å²) in [5, 5.41) is 3.33. The van der Waals surface area contributed by atoms with Gasteiger partial charge in [-0.1, -0.05) is 13.8 Å². The first kappa shape index (κ1) is 12.9. The van der Waals surface area contributed by atoms with E-state index in [0.717, 1.165) is 32.5 Å². The van der Waals surface area contributed by atoms with Crippen LogP contribution in [0.15, 0.2) is 0 Å². The summed E-state index contributed by atoms with van der Waals surface area (Å²) in [5.74, 6) is 1.99. The molecule has 2 aliphatic heterocycles. The van der Waals surface area contributed by atoms with Crippen LogP contribution in [0.3, 0.4) is 0 Å². The third-order valence-corrected chi connectivity index (χ3v) is 4.57. The lowest BCUT2D eigenvalue weighted by Crippen LogP contribution is -2.52. The number of hydrogen-bond acceptors (Lipinski definition) is 2. The molecule has 2 heterocycles. The van der Waals surface area contributed by atoms with Gasteiger partial charge < -0.3 is 10.2 Å². The predicted molar refractivity (Wildman–Crippen MR) is 69.7 cm³/mol. The minimum absolute atomic E-state index is 0.274. The summed E-state index contributed by atoms with van der Waals surface area (Å²) >= 11 is 0. The SMILES string of the molecule is CC1CC(C)C(C)N(C(=O)C2CCNCC2)C1. The highest BCUT2D eigenvalue weighted by Crippen LogP contribution is 2.29. The van der Waals surface area contributed by atoms with Gasteiger partial charge in [0, 0.05) is 18.5 Å². The van der Waals surface area contributed by atoms with E-state index in [1.807, 2.05) is 0 Å². The molecule has 2 fully saturated rings. The fourth-order valence-electron chi connectivity index (χ4n) is 3.31. The maximum atomic E-state index is 12.6. The Kier molecular flexibility index (Phi) is 4.08. The Morgan fingerprint density at radius 1 is 1.18 bits per heavy atom. The topological polar surface area (TPSA) is 32.3 Å². The number of carbonyl (C=O) groups excluding carboxylic acids is 1. The number of amides is 1. The van der Waals surface area contributed by atoms with Crippen LogP contribution in [0.1, 0.15) is 40.0 Å². The maximum Gasteiger partial charge on any atom is 0.226 e. The van der Waals surface area contributed by atoms with Crippen molar-refractivity contribution in [2.45, 2.75) is 46.1 Å². The normalized spacial score (nSPS) is 35.9. The molecular formula is C14H26N2O. The first-order chi connectivity index (χ1) is 8.09. The smallest absolute Gasteiger partial charge is 0.226 e. The Balaban J connectivity index is 2.01. The number of nitrogens with zero attached hydrogens (tertiary/aromatic N) is 1. The summed E-state index contributed by atoms with van der Waals surface area (Å²) in [6, 6.07) is 0.425. The molecule has 0 aromatic carbocycles. The van der Waals surface area contributed by atoms with Gasteiger partial charge in [-0.15, -0.1) is 0 Å². The Bertz CT molecular complexity index is 273. The summed E-state index contributed by atoms with van der Waals surface area (Å²) in [6.07, 6.45) is 3.30. The summed E-state index contributed by atoms with van der Waals surface area (Å²) < 4.78 is 0. The van der Waals surface area contributed by atoms with E-state index in [9.17, 15) is 4.79 Å². The monoisotopic (exact) mass is 238 g/mol. The van der Waals surface area contributed by atoms with Gasteiger partial charge in [0.1, 0.15) is 0 Å². The van der Waals surface area contributed by atoms with Crippen molar-refractivity contribution in [2.24, 2.45) is 17.8 Å². The summed E-state index contributed by atoms with van der Waals surface area (Å²) in [6.45, 7) is 9.74. The quantitative estimate of drug-likeness (QED) is 0.756. The molecule has 3 nitrogen and oxygen atoms in total. The molecular weight excluding hydrogens is 212 g/mol. The minimum atomic E-state index is 0.274. The van der Waals surface area contributed by atoms with Crippen molar-refractivity contribution in [1.82, 2.24) is 10.2 Å². The number of likely N-dealkylation sites (tertiary alicyclic amines) is 1. The first-order valence-corrected chi connectivity index (χ1v) is 7.10. The van der Waals surface area contributed by atoms with Gasteiger partial charge >= 0.3 is 0 Å². The average molecular weight is 238 g/mol. The molecule has 3 heteroatoms. The molecule has 0 spiro atoms. The molecule has 2 saturated heterocycles. The molecule has 1 N–H and O–H groups in total. The molecule has 2 rings (SSSR count). The second kappa shape index (κ2) is 5.38. The van der Waals surface area contributed by atoms with Gasteiger partial charge in [0.2, 0.25) is 5.91 Å². The van der Waals surface area contributed by atoms with Crippen molar-refractivity contribution in [1.29, 1.82) is 0 Å². The van der Waals surface area contributed by atoms with E-state index in [4.69, 9.17) is 0 Å². The lowest BCUT2D eigenvalue weighted by molar-refractivity contribution is -0.142. The van der Waals surface area contributed by atoms with E-state index in [0.29, 0.717) is 23.8 Å². The van der Waals surface area contributed by atoms with E-state index >= 15 is 0 Å². The number of rotatable bonds is 1. The van der Waals surface area contributed by atoms with Crippen LogP contribution in [0, 0.1) is 17.8 Å². The van der Waals surface area contributed by atoms with E-state index < -0.39 is 0 Å². The van der Waals surface area contributed by atoms with Gasteiger partial charge in [-0.25, -0.2) is 0 Å². The van der Waals surface area contributed by atoms with Crippen molar-refractivity contribution in [3.63, 3.8) is 0 Å². The number of nitrogens with one attached hydrogen (secondary N) is 1. The van der Waals surface area contributed by atoms with Gasteiger partial charge in [-0.2, -0.15) is 0 Å². The van der Waals surface area contributed by atoms with Crippen LogP contribution in [-0.4, -0.2) is 36.5 Å². The van der Waals surface area contributed by atoms with Crippen molar-refractivity contribution < 1.29 is 4.79 Å². The fourth-order valence-corrected chi connectivity index (χ4v) is 3.31. The van der Waals surface area contributed by atoms with Crippen molar-refractivity contribution in [3.8, 4) is 0 Å². The Labute approximate surface area is 105 Å². The first-order valence-electron chi connectivity index (χ1n) is 7.10. The maximum absolute atomic E-state index is 12.6. The van der Waals surface area contributed by atoms with E-state index in [2.05, 4.69) is 31.0 Å². The van der Waals surface area contributed by atoms with Crippen LogP contribution in [0.25, 0.3) is 0 Å². The second-order valence-electron chi connectivity index (χ2n) is 6.07. The van der Waals surface area contributed by atoms with E-state index in [1.54, 1.807) is 0 Å². The zero-order valence-corrected chi connectivity index (χ0v) is 11.4. The molecule has 0 aliphatic carbocycles. The second-order valence-corrected chi connectivity index (χ2v) is 6.07. The van der Waals surface area contributed by atoms with Crippen molar-refractivity contribution in [3.05, 3.63) is 0 Å². The highest BCUT2D eigenvalue weighted by atomic mass is 16.2. The van der Waals surface area contributed by atoms with Crippen LogP contribution in [-0.2, 0) is 4.79 Å². The predicted octanol–water partition coefficient (Wildman–Crippen LogP) is 1.88. The third kappa shape index (κ3) is 2.82. The van der Waals surface area contributed by atoms with Gasteiger partial charge in [0.15, 0.2) is 0 Å². The summed E-state index contributed by atoms with van der Waals surface area (Å²) in [4.78, 5) is 14.7. The molecule has 0 bridgehead atoms. The van der Waals surface area contributed by atoms with Crippen LogP contribution in [0.2, 0.25) is 0 Å². The lowest BCUT2D eigenvalue weighted by atomic mass is 9.84. The largest absolute Gasteiger partial charge is 0.339 e. The highest BCUT2D eigenvalue weighted by molar-refractivity contribution is 5.79. The van der Waals surface area contributed by atoms with Crippen LogP contribution >= 0.6 is 0 Å². The molecule has 2 aliphatic rings. The Morgan fingerprint density at radius 2 is 1.82 bits per heavy atom. The zero-order valence-electron chi connectivity index (χ0n) is 11.4. The molecule has 98 valence electrons. The van der Waals surface area contributed by atoms with Crippen LogP contribution < -0.4 is 5.32 Å². The molecule has 0 aromatic heterocycles. The van der Waals surface area contributed by atoms with E-state index in [1.165, 1.54) is 6.42 Å². The van der Waals surface area contributed by atoms with Gasteiger partial charge in [-0.3, -0.25) is 4.79 Å². The average Bonchev–Trinajstić information content (AvgIpc) is 2.34. The third-order valence-electron chi connectivity index (χ3n) is 4.57. The van der Waals surface area contributed by atoms with Crippen LogP contribution in [0.5, 0.6) is 0 Å². The Morgan fingerprint density at radius 3 is 2.47 bits per heavy atom. The van der Waals surface area contributed by atoms with E-state index in [-0.39, 0.29) is 5.92 Å². The van der Waals surface area contributed by atoms with Crippen molar-refractivity contribution in [2.75, 3.05) is 19.6 Å². The summed E-state index contributed by atoms with van der Waals surface area (Å²) in [7, 11) is 0. The van der Waals surface area contributed by atoms with Gasteiger partial charge in [0.25, 0.3) is 0 Å². The minimum Gasteiger partial charge on any atom is -0.339 e. The molecule has 0 aromatic rings. The van der Waals surface area contributed by atoms with Gasteiger partial charge in [0.05, 0.1) is 0 Å². The molecule has 3 unspecified atom stereocenters. The molecule has 3 atom stereocenters. The number of carbonyl (C=O) groups is 1. The molecule has 17 heavy (non-hydrogen) atoms. The molecule has 0 radical (unpaired) electrons. The zero-order chi connectivity index (χ0) is 12.4. The van der Waals surface area contributed by atoms with Crippen molar-refractivity contribution >= 4 is 5.91 Å². The summed E-state index contributed by atoms with van der Waals surface area (Å²) in [5.41, 5.74) is 0. The number of hydrogen-bond donors (Lipinski definition) is 1. The molecule has 1 amide bonds.